The van der Waals surface area contributed by atoms with Crippen molar-refractivity contribution in [1.29, 1.82) is 0 Å². The van der Waals surface area contributed by atoms with E-state index >= 15 is 0 Å². The second-order valence-corrected chi connectivity index (χ2v) is 7.82. The molecule has 0 aliphatic carbocycles. The van der Waals surface area contributed by atoms with Gasteiger partial charge in [-0.05, 0) is 31.5 Å². The Morgan fingerprint density at radius 1 is 1.28 bits per heavy atom. The average Bonchev–Trinajstić information content (AvgIpc) is 3.06. The van der Waals surface area contributed by atoms with Crippen LogP contribution < -0.4 is 9.64 Å². The number of halogens is 3. The fourth-order valence-corrected chi connectivity index (χ4v) is 4.16. The molecule has 1 amide bonds. The minimum Gasteiger partial charge on any atom is -0.481 e. The van der Waals surface area contributed by atoms with Gasteiger partial charge in [0.2, 0.25) is 0 Å². The van der Waals surface area contributed by atoms with E-state index in [0.717, 1.165) is 10.5 Å². The van der Waals surface area contributed by atoms with Gasteiger partial charge in [0, 0.05) is 6.07 Å². The molecule has 0 saturated heterocycles. The summed E-state index contributed by atoms with van der Waals surface area (Å²) in [6.45, 7) is 3.08. The van der Waals surface area contributed by atoms with Gasteiger partial charge in [0.15, 0.2) is 22.4 Å². The van der Waals surface area contributed by atoms with E-state index in [2.05, 4.69) is 4.98 Å². The summed E-state index contributed by atoms with van der Waals surface area (Å²) in [5.74, 6) is -5.56. The van der Waals surface area contributed by atoms with Gasteiger partial charge in [0.1, 0.15) is 17.1 Å². The molecule has 0 bridgehead atoms. The van der Waals surface area contributed by atoms with E-state index in [1.807, 2.05) is 0 Å². The summed E-state index contributed by atoms with van der Waals surface area (Å²) in [7, 11) is 0. The molecule has 1 aliphatic heterocycles. The molecule has 4 rings (SSSR count). The average molecular weight is 422 g/mol. The zero-order valence-corrected chi connectivity index (χ0v) is 15.9. The van der Waals surface area contributed by atoms with Crippen molar-refractivity contribution in [1.82, 2.24) is 4.98 Å². The summed E-state index contributed by atoms with van der Waals surface area (Å²) in [6, 6.07) is 5.29. The van der Waals surface area contributed by atoms with E-state index in [4.69, 9.17) is 4.74 Å². The van der Waals surface area contributed by atoms with Crippen LogP contribution in [-0.2, 0) is 9.59 Å². The molecule has 3 aromatic rings. The highest BCUT2D eigenvalue weighted by molar-refractivity contribution is 7.22. The lowest BCUT2D eigenvalue weighted by Gasteiger charge is -2.39. The first-order valence-electron chi connectivity index (χ1n) is 8.41. The quantitative estimate of drug-likeness (QED) is 0.637. The van der Waals surface area contributed by atoms with Gasteiger partial charge in [-0.2, -0.15) is 0 Å². The van der Waals surface area contributed by atoms with Gasteiger partial charge >= 0.3 is 5.97 Å². The summed E-state index contributed by atoms with van der Waals surface area (Å²) in [5.41, 5.74) is -1.31. The molecular formula is C19H13F3N2O4S. The van der Waals surface area contributed by atoms with Crippen molar-refractivity contribution in [2.45, 2.75) is 25.9 Å². The van der Waals surface area contributed by atoms with Crippen LogP contribution in [-0.4, -0.2) is 27.6 Å². The number of fused-ring (bicyclic) bond motifs is 2. The van der Waals surface area contributed by atoms with Crippen molar-refractivity contribution in [3.05, 3.63) is 47.3 Å². The van der Waals surface area contributed by atoms with Crippen molar-refractivity contribution in [3.8, 4) is 5.75 Å². The Kier molecular flexibility index (Phi) is 4.26. The molecule has 1 atom stereocenters. The number of hydrogen-bond acceptors (Lipinski definition) is 5. The van der Waals surface area contributed by atoms with E-state index in [-0.39, 0.29) is 21.3 Å². The second kappa shape index (κ2) is 6.45. The maximum absolute atomic E-state index is 14.1. The van der Waals surface area contributed by atoms with Crippen molar-refractivity contribution in [2.24, 2.45) is 0 Å². The molecule has 150 valence electrons. The third-order valence-electron chi connectivity index (χ3n) is 4.53. The van der Waals surface area contributed by atoms with Crippen molar-refractivity contribution in [3.63, 3.8) is 0 Å². The lowest BCUT2D eigenvalue weighted by atomic mass is 9.97. The van der Waals surface area contributed by atoms with Gasteiger partial charge in [0.05, 0.1) is 16.8 Å². The first kappa shape index (κ1) is 19.2. The number of hydrogen-bond donors (Lipinski definition) is 1. The summed E-state index contributed by atoms with van der Waals surface area (Å²) >= 11 is 0.655. The molecule has 0 saturated carbocycles. The zero-order chi connectivity index (χ0) is 21.1. The molecule has 2 heterocycles. The Morgan fingerprint density at radius 2 is 2.00 bits per heavy atom. The molecule has 2 aromatic carbocycles. The van der Waals surface area contributed by atoms with Gasteiger partial charge in [-0.3, -0.25) is 9.59 Å². The number of benzene rings is 2. The van der Waals surface area contributed by atoms with E-state index in [9.17, 15) is 27.9 Å². The van der Waals surface area contributed by atoms with Gasteiger partial charge in [-0.25, -0.2) is 23.1 Å². The van der Waals surface area contributed by atoms with E-state index in [1.165, 1.54) is 6.92 Å². The van der Waals surface area contributed by atoms with Crippen LogP contribution in [0.2, 0.25) is 0 Å². The smallest absolute Gasteiger partial charge is 0.307 e. The Labute approximate surface area is 166 Å². The monoisotopic (exact) mass is 422 g/mol. The first-order valence-corrected chi connectivity index (χ1v) is 9.22. The number of carboxylic acid groups (broad SMARTS) is 1. The highest BCUT2D eigenvalue weighted by Gasteiger charge is 2.48. The summed E-state index contributed by atoms with van der Waals surface area (Å²) < 4.78 is 47.3. The van der Waals surface area contributed by atoms with Crippen LogP contribution in [0.15, 0.2) is 24.3 Å². The van der Waals surface area contributed by atoms with Crippen molar-refractivity contribution >= 4 is 44.2 Å². The summed E-state index contributed by atoms with van der Waals surface area (Å²) in [6.07, 6.45) is -0.641. The molecule has 0 fully saturated rings. The molecule has 0 spiro atoms. The van der Waals surface area contributed by atoms with Crippen LogP contribution in [0.1, 0.15) is 18.9 Å². The molecule has 10 heteroatoms. The third-order valence-corrected chi connectivity index (χ3v) is 5.58. The van der Waals surface area contributed by atoms with Crippen molar-refractivity contribution in [2.75, 3.05) is 4.90 Å². The number of carbonyl (C=O) groups excluding carboxylic acids is 1. The molecule has 1 aliphatic rings. The number of aromatic nitrogens is 1. The third kappa shape index (κ3) is 3.00. The molecule has 6 nitrogen and oxygen atoms in total. The Bertz CT molecular complexity index is 1200. The molecular weight excluding hydrogens is 409 g/mol. The zero-order valence-electron chi connectivity index (χ0n) is 15.1. The van der Waals surface area contributed by atoms with Crippen LogP contribution in [0.5, 0.6) is 5.75 Å². The van der Waals surface area contributed by atoms with E-state index in [1.54, 1.807) is 25.1 Å². The van der Waals surface area contributed by atoms with Gasteiger partial charge < -0.3 is 9.84 Å². The fourth-order valence-electron chi connectivity index (χ4n) is 3.18. The maximum Gasteiger partial charge on any atom is 0.307 e. The maximum atomic E-state index is 14.1. The first-order chi connectivity index (χ1) is 13.6. The minimum atomic E-state index is -1.77. The molecule has 29 heavy (non-hydrogen) atoms. The number of ether oxygens (including phenoxy) is 1. The number of rotatable bonds is 3. The molecule has 1 aromatic heterocycles. The van der Waals surface area contributed by atoms with Crippen LogP contribution in [0, 0.1) is 24.4 Å². The van der Waals surface area contributed by atoms with Crippen LogP contribution in [0.25, 0.3) is 10.2 Å². The molecule has 1 N–H and O–H groups in total. The molecule has 1 unspecified atom stereocenters. The van der Waals surface area contributed by atoms with E-state index < -0.39 is 46.9 Å². The lowest BCUT2D eigenvalue weighted by molar-refractivity contribution is -0.148. The van der Waals surface area contributed by atoms with Crippen molar-refractivity contribution < 1.29 is 32.6 Å². The van der Waals surface area contributed by atoms with Gasteiger partial charge in [-0.15, -0.1) is 0 Å². The van der Waals surface area contributed by atoms with Gasteiger partial charge in [0.25, 0.3) is 5.91 Å². The number of carbonyl (C=O) groups is 2. The topological polar surface area (TPSA) is 79.7 Å². The predicted molar refractivity (Wildman–Crippen MR) is 99.1 cm³/mol. The number of nitrogens with zero attached hydrogens (tertiary/aromatic N) is 2. The van der Waals surface area contributed by atoms with Crippen LogP contribution in [0.4, 0.5) is 24.0 Å². The van der Waals surface area contributed by atoms with E-state index in [0.29, 0.717) is 17.4 Å². The molecule has 0 radical (unpaired) electrons. The van der Waals surface area contributed by atoms with Gasteiger partial charge in [-0.1, -0.05) is 17.4 Å². The minimum absolute atomic E-state index is 0.125. The fraction of sp³-hybridized carbons (Fsp3) is 0.211. The van der Waals surface area contributed by atoms with Crippen LogP contribution in [0.3, 0.4) is 0 Å². The number of anilines is 2. The predicted octanol–water partition coefficient (Wildman–Crippen LogP) is 4.31. The largest absolute Gasteiger partial charge is 0.481 e. The SMILES string of the molecule is Cc1ccc2c(c1)N(c1nc3c(F)c(F)cc(F)c3s1)C(=O)C(C)(CC(=O)O)O2. The number of aliphatic carboxylic acids is 1. The normalized spacial score (nSPS) is 18.7. The Morgan fingerprint density at radius 3 is 2.69 bits per heavy atom. The number of aryl methyl sites for hydroxylation is 1. The second-order valence-electron chi connectivity index (χ2n) is 6.84. The number of amides is 1. The summed E-state index contributed by atoms with van der Waals surface area (Å²) in [5, 5.41) is 9.09. The Balaban J connectivity index is 1.96. The number of carboxylic acids is 1. The summed E-state index contributed by atoms with van der Waals surface area (Å²) in [4.78, 5) is 29.5. The lowest BCUT2D eigenvalue weighted by Crippen LogP contribution is -2.53. The standard InChI is InChI=1S/C19H13F3N2O4S/c1-8-3-4-12-11(5-8)24(17(27)19(2,28-12)7-13(25)26)18-23-15-14(22)9(20)6-10(21)16(15)29-18/h3-6H,7H2,1-2H3,(H,25,26). The number of thiazole rings is 1. The highest BCUT2D eigenvalue weighted by Crippen LogP contribution is 2.46. The Hall–Kier alpha value is -3.14. The highest BCUT2D eigenvalue weighted by atomic mass is 32.1. The van der Waals surface area contributed by atoms with Crippen LogP contribution >= 0.6 is 11.3 Å².